The molecule has 4 aromatic rings. The lowest BCUT2D eigenvalue weighted by atomic mass is 10.0. The van der Waals surface area contributed by atoms with Crippen molar-refractivity contribution in [1.29, 1.82) is 0 Å². The number of hydrogen-bond acceptors (Lipinski definition) is 4. The predicted octanol–water partition coefficient (Wildman–Crippen LogP) is 5.35. The largest absolute Gasteiger partial charge is 0.350 e. The van der Waals surface area contributed by atoms with E-state index in [1.54, 1.807) is 12.1 Å². The van der Waals surface area contributed by atoms with Gasteiger partial charge in [-0.3, -0.25) is 4.79 Å². The van der Waals surface area contributed by atoms with Gasteiger partial charge in [-0.1, -0.05) is 71.9 Å². The molecule has 0 aliphatic carbocycles. The molecule has 0 saturated carbocycles. The average Bonchev–Trinajstić information content (AvgIpc) is 3.28. The molecule has 3 aromatic carbocycles. The van der Waals surface area contributed by atoms with Crippen LogP contribution in [0, 0.1) is 5.82 Å². The first-order chi connectivity index (χ1) is 15.1. The lowest BCUT2D eigenvalue weighted by Gasteiger charge is -2.13. The Morgan fingerprint density at radius 2 is 1.58 bits per heavy atom. The molecule has 0 radical (unpaired) electrons. The number of nitrogens with zero attached hydrogens (tertiary/aromatic N) is 2. The van der Waals surface area contributed by atoms with E-state index in [9.17, 15) is 9.18 Å². The zero-order chi connectivity index (χ0) is 21.6. The Kier molecular flexibility index (Phi) is 6.17. The van der Waals surface area contributed by atoms with Gasteiger partial charge in [0.1, 0.15) is 5.82 Å². The number of hydrogen-bond donors (Lipinski definition) is 1. The Morgan fingerprint density at radius 3 is 2.29 bits per heavy atom. The lowest BCUT2D eigenvalue weighted by Crippen LogP contribution is -2.26. The Balaban J connectivity index is 1.32. The first kappa shape index (κ1) is 20.5. The van der Waals surface area contributed by atoms with E-state index in [0.29, 0.717) is 18.1 Å². The third-order valence-electron chi connectivity index (χ3n) is 5.03. The van der Waals surface area contributed by atoms with Crippen LogP contribution in [0.4, 0.5) is 4.39 Å². The molecule has 0 bridgehead atoms. The van der Waals surface area contributed by atoms with Crippen molar-refractivity contribution in [2.45, 2.75) is 25.8 Å². The molecule has 1 amide bonds. The third kappa shape index (κ3) is 5.22. The smallest absolute Gasteiger partial charge is 0.227 e. The van der Waals surface area contributed by atoms with Gasteiger partial charge in [-0.05, 0) is 35.7 Å². The average molecular weight is 415 g/mol. The van der Waals surface area contributed by atoms with E-state index in [0.717, 1.165) is 22.3 Å². The van der Waals surface area contributed by atoms with E-state index in [2.05, 4.69) is 27.6 Å². The van der Waals surface area contributed by atoms with Crippen LogP contribution in [0.5, 0.6) is 0 Å². The van der Waals surface area contributed by atoms with Crippen molar-refractivity contribution in [3.8, 4) is 22.5 Å². The molecule has 1 heterocycles. The van der Waals surface area contributed by atoms with Crippen LogP contribution in [-0.4, -0.2) is 16.0 Å². The normalized spacial score (nSPS) is 11.8. The van der Waals surface area contributed by atoms with Crippen molar-refractivity contribution in [3.05, 3.63) is 96.1 Å². The number of halogens is 1. The van der Waals surface area contributed by atoms with Gasteiger partial charge in [-0.15, -0.1) is 0 Å². The monoisotopic (exact) mass is 415 g/mol. The summed E-state index contributed by atoms with van der Waals surface area (Å²) in [5.41, 5.74) is 3.95. The molecule has 31 heavy (non-hydrogen) atoms. The molecule has 0 saturated heterocycles. The second-order valence-corrected chi connectivity index (χ2v) is 7.30. The van der Waals surface area contributed by atoms with Gasteiger partial charge in [-0.2, -0.15) is 4.98 Å². The second kappa shape index (κ2) is 9.34. The topological polar surface area (TPSA) is 68.0 Å². The first-order valence-electron chi connectivity index (χ1n) is 10.1. The maximum Gasteiger partial charge on any atom is 0.227 e. The minimum atomic E-state index is -0.302. The highest BCUT2D eigenvalue weighted by Crippen LogP contribution is 2.23. The second-order valence-electron chi connectivity index (χ2n) is 7.30. The number of benzene rings is 3. The fourth-order valence-corrected chi connectivity index (χ4v) is 3.28. The van der Waals surface area contributed by atoms with Gasteiger partial charge < -0.3 is 9.84 Å². The van der Waals surface area contributed by atoms with E-state index >= 15 is 0 Å². The van der Waals surface area contributed by atoms with Crippen LogP contribution in [0.2, 0.25) is 0 Å². The van der Waals surface area contributed by atoms with Crippen molar-refractivity contribution in [3.63, 3.8) is 0 Å². The van der Waals surface area contributed by atoms with E-state index in [4.69, 9.17) is 4.52 Å². The SMILES string of the molecule is C[C@H](NC(=O)CCc1nc(-c2ccc(-c3ccccc3)cc2)no1)c1ccc(F)cc1. The first-order valence-corrected chi connectivity index (χ1v) is 10.1. The Hall–Kier alpha value is -3.80. The highest BCUT2D eigenvalue weighted by molar-refractivity contribution is 5.76. The van der Waals surface area contributed by atoms with Gasteiger partial charge >= 0.3 is 0 Å². The molecule has 1 N–H and O–H groups in total. The summed E-state index contributed by atoms with van der Waals surface area (Å²) in [6, 6.07) is 23.9. The van der Waals surface area contributed by atoms with E-state index in [1.807, 2.05) is 49.4 Å². The molecule has 1 aromatic heterocycles. The number of amides is 1. The van der Waals surface area contributed by atoms with Gasteiger partial charge in [0.2, 0.25) is 17.6 Å². The fraction of sp³-hybridized carbons (Fsp3) is 0.160. The number of rotatable bonds is 7. The maximum absolute atomic E-state index is 13.0. The molecular weight excluding hydrogens is 393 g/mol. The fourth-order valence-electron chi connectivity index (χ4n) is 3.28. The number of aromatic nitrogens is 2. The van der Waals surface area contributed by atoms with Crippen LogP contribution < -0.4 is 5.32 Å². The highest BCUT2D eigenvalue weighted by atomic mass is 19.1. The summed E-state index contributed by atoms with van der Waals surface area (Å²) < 4.78 is 18.3. The number of carbonyl (C=O) groups is 1. The zero-order valence-electron chi connectivity index (χ0n) is 17.1. The molecular formula is C25H22FN3O2. The van der Waals surface area contributed by atoms with Crippen LogP contribution >= 0.6 is 0 Å². The summed E-state index contributed by atoms with van der Waals surface area (Å²) in [4.78, 5) is 16.6. The number of aryl methyl sites for hydroxylation is 1. The van der Waals surface area contributed by atoms with Crippen molar-refractivity contribution in [1.82, 2.24) is 15.5 Å². The van der Waals surface area contributed by atoms with E-state index in [-0.39, 0.29) is 24.2 Å². The van der Waals surface area contributed by atoms with Crippen LogP contribution in [-0.2, 0) is 11.2 Å². The minimum absolute atomic E-state index is 0.135. The molecule has 0 aliphatic heterocycles. The highest BCUT2D eigenvalue weighted by Gasteiger charge is 2.13. The Morgan fingerprint density at radius 1 is 0.935 bits per heavy atom. The molecule has 0 spiro atoms. The van der Waals surface area contributed by atoms with Crippen molar-refractivity contribution < 1.29 is 13.7 Å². The van der Waals surface area contributed by atoms with E-state index in [1.165, 1.54) is 12.1 Å². The van der Waals surface area contributed by atoms with Crippen LogP contribution in [0.25, 0.3) is 22.5 Å². The zero-order valence-corrected chi connectivity index (χ0v) is 17.1. The van der Waals surface area contributed by atoms with Crippen LogP contribution in [0.1, 0.15) is 30.8 Å². The van der Waals surface area contributed by atoms with Gasteiger partial charge in [0.25, 0.3) is 0 Å². The third-order valence-corrected chi connectivity index (χ3v) is 5.03. The van der Waals surface area contributed by atoms with Gasteiger partial charge in [0.05, 0.1) is 6.04 Å². The molecule has 156 valence electrons. The van der Waals surface area contributed by atoms with Crippen molar-refractivity contribution in [2.75, 3.05) is 0 Å². The van der Waals surface area contributed by atoms with Crippen LogP contribution in [0.15, 0.2) is 83.4 Å². The van der Waals surface area contributed by atoms with Crippen molar-refractivity contribution in [2.24, 2.45) is 0 Å². The molecule has 4 rings (SSSR count). The molecule has 0 fully saturated rings. The molecule has 0 aliphatic rings. The van der Waals surface area contributed by atoms with Crippen molar-refractivity contribution >= 4 is 5.91 Å². The molecule has 1 atom stereocenters. The van der Waals surface area contributed by atoms with Gasteiger partial charge in [-0.25, -0.2) is 4.39 Å². The quantitative estimate of drug-likeness (QED) is 0.442. The Labute approximate surface area is 179 Å². The molecule has 5 nitrogen and oxygen atoms in total. The Bertz CT molecular complexity index is 1140. The number of carbonyl (C=O) groups excluding carboxylic acids is 1. The standard InChI is InChI=1S/C25H22FN3O2/c1-17(18-11-13-22(26)14-12-18)27-23(30)15-16-24-28-25(29-31-24)21-9-7-20(8-10-21)19-5-3-2-4-6-19/h2-14,17H,15-16H2,1H3,(H,27,30)/t17-/m0/s1. The summed E-state index contributed by atoms with van der Waals surface area (Å²) in [5, 5.41) is 6.93. The lowest BCUT2D eigenvalue weighted by molar-refractivity contribution is -0.121. The summed E-state index contributed by atoms with van der Waals surface area (Å²) in [7, 11) is 0. The molecule has 6 heteroatoms. The van der Waals surface area contributed by atoms with Gasteiger partial charge in [0, 0.05) is 18.4 Å². The van der Waals surface area contributed by atoms with Gasteiger partial charge in [0.15, 0.2) is 0 Å². The summed E-state index contributed by atoms with van der Waals surface area (Å²) in [6.07, 6.45) is 0.567. The summed E-state index contributed by atoms with van der Waals surface area (Å²) >= 11 is 0. The summed E-state index contributed by atoms with van der Waals surface area (Å²) in [6.45, 7) is 1.86. The van der Waals surface area contributed by atoms with E-state index < -0.39 is 0 Å². The summed E-state index contributed by atoms with van der Waals surface area (Å²) in [5.74, 6) is 0.467. The van der Waals surface area contributed by atoms with Crippen LogP contribution in [0.3, 0.4) is 0 Å². The minimum Gasteiger partial charge on any atom is -0.350 e. The molecule has 0 unspecified atom stereocenters. The number of nitrogens with one attached hydrogen (secondary N) is 1. The predicted molar refractivity (Wildman–Crippen MR) is 116 cm³/mol. The maximum atomic E-state index is 13.0.